The molecule has 4 atom stereocenters. The van der Waals surface area contributed by atoms with Gasteiger partial charge in [0, 0.05) is 11.8 Å². The molecule has 4 bridgehead atoms. The van der Waals surface area contributed by atoms with Gasteiger partial charge < -0.3 is 4.74 Å². The van der Waals surface area contributed by atoms with Gasteiger partial charge in [0.2, 0.25) is 0 Å². The van der Waals surface area contributed by atoms with Crippen LogP contribution in [-0.4, -0.2) is 7.11 Å². The highest BCUT2D eigenvalue weighted by atomic mass is 16.5. The van der Waals surface area contributed by atoms with E-state index >= 15 is 0 Å². The molecule has 2 aromatic carbocycles. The average Bonchev–Trinajstić information content (AvgIpc) is 3.40. The Kier molecular flexibility index (Phi) is 2.72. The van der Waals surface area contributed by atoms with Crippen LogP contribution in [0.1, 0.15) is 47.8 Å². The fraction of sp³-hybridized carbons (Fsp3) is 0.333. The molecule has 0 heterocycles. The third-order valence-corrected chi connectivity index (χ3v) is 7.00. The van der Waals surface area contributed by atoms with Crippen molar-refractivity contribution in [1.82, 2.24) is 0 Å². The van der Waals surface area contributed by atoms with Crippen molar-refractivity contribution in [2.24, 2.45) is 11.8 Å². The van der Waals surface area contributed by atoms with Gasteiger partial charge in [0.25, 0.3) is 0 Å². The van der Waals surface area contributed by atoms with Crippen LogP contribution in [0.3, 0.4) is 0 Å². The van der Waals surface area contributed by atoms with Crippen molar-refractivity contribution in [1.29, 1.82) is 0 Å². The van der Waals surface area contributed by atoms with Gasteiger partial charge >= 0.3 is 0 Å². The highest BCUT2D eigenvalue weighted by Gasteiger charge is 2.55. The zero-order valence-corrected chi connectivity index (χ0v) is 14.5. The maximum Gasteiger partial charge on any atom is 0.118 e. The minimum Gasteiger partial charge on any atom is -0.497 e. The van der Waals surface area contributed by atoms with Gasteiger partial charge in [-0.1, -0.05) is 53.6 Å². The van der Waals surface area contributed by atoms with Crippen molar-refractivity contribution in [3.8, 4) is 5.75 Å². The minimum atomic E-state index is 0.564. The monoisotopic (exact) mass is 326 g/mol. The molecular weight excluding hydrogens is 304 g/mol. The molecule has 0 saturated heterocycles. The Morgan fingerprint density at radius 3 is 2.00 bits per heavy atom. The van der Waals surface area contributed by atoms with Crippen LogP contribution >= 0.6 is 0 Å². The van der Waals surface area contributed by atoms with Crippen molar-refractivity contribution >= 4 is 6.08 Å². The molecule has 25 heavy (non-hydrogen) atoms. The third kappa shape index (κ3) is 1.74. The Morgan fingerprint density at radius 1 is 0.840 bits per heavy atom. The molecule has 4 aliphatic carbocycles. The maximum atomic E-state index is 5.31. The lowest BCUT2D eigenvalue weighted by Gasteiger charge is -2.25. The smallest absolute Gasteiger partial charge is 0.118 e. The number of methoxy groups -OCH3 is 1. The van der Waals surface area contributed by atoms with Crippen molar-refractivity contribution in [2.45, 2.75) is 31.1 Å². The highest BCUT2D eigenvalue weighted by molar-refractivity contribution is 5.74. The summed E-state index contributed by atoms with van der Waals surface area (Å²) in [5.74, 6) is 3.78. The number of rotatable bonds is 2. The Labute approximate surface area is 149 Å². The van der Waals surface area contributed by atoms with Gasteiger partial charge in [-0.15, -0.1) is 0 Å². The van der Waals surface area contributed by atoms with E-state index in [1.807, 2.05) is 11.1 Å². The molecule has 0 amide bonds. The van der Waals surface area contributed by atoms with E-state index in [0.717, 1.165) is 17.6 Å². The molecule has 1 nitrogen and oxygen atoms in total. The Hall–Kier alpha value is -2.28. The summed E-state index contributed by atoms with van der Waals surface area (Å²) in [4.78, 5) is 0. The first-order valence-corrected chi connectivity index (χ1v) is 9.53. The van der Waals surface area contributed by atoms with Crippen molar-refractivity contribution in [3.63, 3.8) is 0 Å². The van der Waals surface area contributed by atoms with E-state index in [-0.39, 0.29) is 0 Å². The van der Waals surface area contributed by atoms with Gasteiger partial charge in [-0.3, -0.25) is 0 Å². The third-order valence-electron chi connectivity index (χ3n) is 7.00. The fourth-order valence-electron chi connectivity index (χ4n) is 6.14. The van der Waals surface area contributed by atoms with Gasteiger partial charge in [0.05, 0.1) is 7.11 Å². The molecule has 1 saturated carbocycles. The van der Waals surface area contributed by atoms with Gasteiger partial charge in [0.15, 0.2) is 0 Å². The summed E-state index contributed by atoms with van der Waals surface area (Å²) in [6, 6.07) is 17.7. The normalized spacial score (nSPS) is 30.7. The first-order valence-electron chi connectivity index (χ1n) is 9.53. The van der Waals surface area contributed by atoms with Crippen LogP contribution in [-0.2, 0) is 0 Å². The Bertz CT molecular complexity index is 882. The minimum absolute atomic E-state index is 0.564. The van der Waals surface area contributed by atoms with Gasteiger partial charge in [0.1, 0.15) is 5.75 Å². The second-order valence-electron chi connectivity index (χ2n) is 8.03. The van der Waals surface area contributed by atoms with E-state index in [1.54, 1.807) is 23.8 Å². The molecule has 0 aliphatic heterocycles. The average molecular weight is 326 g/mol. The molecular formula is C24H22O. The van der Waals surface area contributed by atoms with E-state index in [0.29, 0.717) is 11.8 Å². The largest absolute Gasteiger partial charge is 0.497 e. The van der Waals surface area contributed by atoms with Crippen LogP contribution in [0, 0.1) is 11.8 Å². The molecule has 1 heteroatoms. The molecule has 0 unspecified atom stereocenters. The summed E-state index contributed by atoms with van der Waals surface area (Å²) in [6.07, 6.45) is 6.74. The van der Waals surface area contributed by atoms with Crippen LogP contribution in [0.4, 0.5) is 0 Å². The zero-order chi connectivity index (χ0) is 16.5. The van der Waals surface area contributed by atoms with E-state index in [9.17, 15) is 0 Å². The lowest BCUT2D eigenvalue weighted by Crippen LogP contribution is -2.10. The van der Waals surface area contributed by atoms with Crippen LogP contribution in [0.2, 0.25) is 0 Å². The molecule has 6 rings (SSSR count). The summed E-state index contributed by atoms with van der Waals surface area (Å²) in [6.45, 7) is 0. The maximum absolute atomic E-state index is 5.31. The SMILES string of the molecule is COc1ccc(C=C2[C@H]3C4=C([C@H]5CC[C@H]4C5)[C@H]2c2ccccc23)cc1. The van der Waals surface area contributed by atoms with Gasteiger partial charge in [-0.25, -0.2) is 0 Å². The van der Waals surface area contributed by atoms with Crippen LogP contribution in [0.25, 0.3) is 6.08 Å². The standard InChI is InChI=1S/C24H22O/c1-25-17-10-6-14(7-11-17)12-20-23-18-4-2-3-5-19(18)24(20)22-16-9-8-15(13-16)21(22)23/h2-7,10-12,15-16,23-24H,8-9,13H2,1H3/t15-,16-,23-,24-/m0/s1. The van der Waals surface area contributed by atoms with Crippen molar-refractivity contribution in [2.75, 3.05) is 7.11 Å². The summed E-state index contributed by atoms with van der Waals surface area (Å²) in [5, 5.41) is 0. The number of fused-ring (bicyclic) bond motifs is 11. The van der Waals surface area contributed by atoms with Gasteiger partial charge in [-0.05, 0) is 65.5 Å². The number of hydrogen-bond acceptors (Lipinski definition) is 1. The van der Waals surface area contributed by atoms with Crippen LogP contribution < -0.4 is 4.74 Å². The molecule has 0 N–H and O–H groups in total. The second-order valence-corrected chi connectivity index (χ2v) is 8.03. The number of ether oxygens (including phenoxy) is 1. The fourth-order valence-corrected chi connectivity index (χ4v) is 6.14. The van der Waals surface area contributed by atoms with E-state index in [4.69, 9.17) is 4.74 Å². The summed E-state index contributed by atoms with van der Waals surface area (Å²) in [7, 11) is 1.73. The number of benzene rings is 2. The van der Waals surface area contributed by atoms with Crippen LogP contribution in [0.5, 0.6) is 5.75 Å². The summed E-state index contributed by atoms with van der Waals surface area (Å²) >= 11 is 0. The summed E-state index contributed by atoms with van der Waals surface area (Å²) < 4.78 is 5.31. The van der Waals surface area contributed by atoms with Crippen LogP contribution in [0.15, 0.2) is 65.3 Å². The Balaban J connectivity index is 1.50. The van der Waals surface area contributed by atoms with Crippen molar-refractivity contribution in [3.05, 3.63) is 81.9 Å². The lowest BCUT2D eigenvalue weighted by atomic mass is 9.79. The first-order chi connectivity index (χ1) is 12.3. The molecule has 4 aliphatic rings. The summed E-state index contributed by atoms with van der Waals surface area (Å²) in [5.41, 5.74) is 9.73. The molecule has 2 aromatic rings. The number of hydrogen-bond donors (Lipinski definition) is 0. The Morgan fingerprint density at radius 2 is 1.44 bits per heavy atom. The predicted octanol–water partition coefficient (Wildman–Crippen LogP) is 5.70. The van der Waals surface area contributed by atoms with E-state index in [1.165, 1.54) is 24.8 Å². The molecule has 0 radical (unpaired) electrons. The first kappa shape index (κ1) is 13.9. The van der Waals surface area contributed by atoms with E-state index < -0.39 is 0 Å². The quantitative estimate of drug-likeness (QED) is 0.508. The second kappa shape index (κ2) is 4.88. The zero-order valence-electron chi connectivity index (χ0n) is 14.5. The highest BCUT2D eigenvalue weighted by Crippen LogP contribution is 2.70. The lowest BCUT2D eigenvalue weighted by molar-refractivity contribution is 0.415. The number of allylic oxidation sites excluding steroid dienone is 3. The molecule has 124 valence electrons. The molecule has 0 aromatic heterocycles. The molecule has 0 spiro atoms. The van der Waals surface area contributed by atoms with Gasteiger partial charge in [-0.2, -0.15) is 0 Å². The topological polar surface area (TPSA) is 9.23 Å². The molecule has 1 fully saturated rings. The van der Waals surface area contributed by atoms with Crippen molar-refractivity contribution < 1.29 is 4.74 Å². The predicted molar refractivity (Wildman–Crippen MR) is 101 cm³/mol. The van der Waals surface area contributed by atoms with E-state index in [2.05, 4.69) is 54.6 Å².